The molecule has 0 saturated carbocycles. The van der Waals surface area contributed by atoms with Crippen molar-refractivity contribution in [1.82, 2.24) is 9.78 Å². The molecule has 0 atom stereocenters. The third-order valence-electron chi connectivity index (χ3n) is 2.86. The number of carbonyl (C=O) groups excluding carboxylic acids is 1. The van der Waals surface area contributed by atoms with Gasteiger partial charge in [0, 0.05) is 18.8 Å². The van der Waals surface area contributed by atoms with Crippen LogP contribution in [0.1, 0.15) is 17.3 Å². The minimum atomic E-state index is -0.319. The Labute approximate surface area is 117 Å². The highest BCUT2D eigenvalue weighted by molar-refractivity contribution is 6.07. The Morgan fingerprint density at radius 1 is 1.25 bits per heavy atom. The molecule has 1 N–H and O–H groups in total. The van der Waals surface area contributed by atoms with Crippen LogP contribution >= 0.6 is 0 Å². The van der Waals surface area contributed by atoms with E-state index in [1.807, 2.05) is 6.92 Å². The van der Waals surface area contributed by atoms with Crippen LogP contribution < -0.4 is 14.8 Å². The van der Waals surface area contributed by atoms with E-state index in [-0.39, 0.29) is 5.91 Å². The van der Waals surface area contributed by atoms with Crippen molar-refractivity contribution in [3.05, 3.63) is 36.0 Å². The van der Waals surface area contributed by atoms with Gasteiger partial charge in [-0.2, -0.15) is 5.10 Å². The van der Waals surface area contributed by atoms with Crippen LogP contribution in [-0.2, 0) is 6.54 Å². The fourth-order valence-electron chi connectivity index (χ4n) is 1.86. The number of ether oxygens (including phenoxy) is 2. The van der Waals surface area contributed by atoms with Gasteiger partial charge in [-0.1, -0.05) is 6.07 Å². The largest absolute Gasteiger partial charge is 0.496 e. The standard InChI is InChI=1S/C14H17N3O3/c1-4-17-9-8-12(16-17)15-14(18)13-10(19-2)6-5-7-11(13)20-3/h5-9H,4H2,1-3H3,(H,15,16,18). The van der Waals surface area contributed by atoms with Crippen molar-refractivity contribution in [3.8, 4) is 11.5 Å². The van der Waals surface area contributed by atoms with Crippen LogP contribution in [0.25, 0.3) is 0 Å². The molecular weight excluding hydrogens is 258 g/mol. The summed E-state index contributed by atoms with van der Waals surface area (Å²) in [6.07, 6.45) is 1.80. The van der Waals surface area contributed by atoms with E-state index in [1.165, 1.54) is 14.2 Å². The van der Waals surface area contributed by atoms with Crippen molar-refractivity contribution in [3.63, 3.8) is 0 Å². The molecule has 0 fully saturated rings. The van der Waals surface area contributed by atoms with Crippen molar-refractivity contribution < 1.29 is 14.3 Å². The van der Waals surface area contributed by atoms with E-state index in [0.29, 0.717) is 22.9 Å². The van der Waals surface area contributed by atoms with Gasteiger partial charge >= 0.3 is 0 Å². The molecule has 0 aliphatic carbocycles. The van der Waals surface area contributed by atoms with E-state index in [0.717, 1.165) is 6.54 Å². The first-order valence-corrected chi connectivity index (χ1v) is 6.25. The number of hydrogen-bond acceptors (Lipinski definition) is 4. The van der Waals surface area contributed by atoms with Crippen LogP contribution in [0.4, 0.5) is 5.82 Å². The van der Waals surface area contributed by atoms with E-state index in [4.69, 9.17) is 9.47 Å². The number of rotatable bonds is 5. The Kier molecular flexibility index (Phi) is 4.24. The summed E-state index contributed by atoms with van der Waals surface area (Å²) < 4.78 is 12.1. The Morgan fingerprint density at radius 3 is 2.40 bits per heavy atom. The molecule has 0 bridgehead atoms. The maximum Gasteiger partial charge on any atom is 0.264 e. The molecule has 1 amide bonds. The Balaban J connectivity index is 2.28. The summed E-state index contributed by atoms with van der Waals surface area (Å²) in [6.45, 7) is 2.72. The highest BCUT2D eigenvalue weighted by Crippen LogP contribution is 2.28. The molecule has 1 heterocycles. The Bertz CT molecular complexity index is 585. The monoisotopic (exact) mass is 275 g/mol. The summed E-state index contributed by atoms with van der Waals surface area (Å²) in [5, 5.41) is 6.94. The fourth-order valence-corrected chi connectivity index (χ4v) is 1.86. The molecule has 2 rings (SSSR count). The predicted octanol–water partition coefficient (Wildman–Crippen LogP) is 2.17. The normalized spacial score (nSPS) is 10.2. The quantitative estimate of drug-likeness (QED) is 0.908. The van der Waals surface area contributed by atoms with Gasteiger partial charge < -0.3 is 14.8 Å². The van der Waals surface area contributed by atoms with Gasteiger partial charge in [-0.15, -0.1) is 0 Å². The van der Waals surface area contributed by atoms with E-state index >= 15 is 0 Å². The van der Waals surface area contributed by atoms with Gasteiger partial charge in [0.2, 0.25) is 0 Å². The second-order valence-corrected chi connectivity index (χ2v) is 4.05. The SMILES string of the molecule is CCn1ccc(NC(=O)c2c(OC)cccc2OC)n1. The summed E-state index contributed by atoms with van der Waals surface area (Å²) in [6, 6.07) is 6.92. The van der Waals surface area contributed by atoms with Crippen molar-refractivity contribution in [1.29, 1.82) is 0 Å². The number of carbonyl (C=O) groups is 1. The summed E-state index contributed by atoms with van der Waals surface area (Å²) in [4.78, 5) is 12.4. The Morgan fingerprint density at radius 2 is 1.90 bits per heavy atom. The van der Waals surface area contributed by atoms with Gasteiger partial charge in [0.15, 0.2) is 5.82 Å². The van der Waals surface area contributed by atoms with Crippen molar-refractivity contribution in [2.75, 3.05) is 19.5 Å². The number of benzene rings is 1. The average molecular weight is 275 g/mol. The molecule has 0 aliphatic rings. The molecule has 0 aliphatic heterocycles. The molecule has 0 spiro atoms. The van der Waals surface area contributed by atoms with Crippen LogP contribution in [-0.4, -0.2) is 29.9 Å². The Hall–Kier alpha value is -2.50. The molecule has 1 aromatic carbocycles. The third-order valence-corrected chi connectivity index (χ3v) is 2.86. The second-order valence-electron chi connectivity index (χ2n) is 4.05. The van der Waals surface area contributed by atoms with E-state index in [1.54, 1.807) is 35.1 Å². The van der Waals surface area contributed by atoms with E-state index in [2.05, 4.69) is 10.4 Å². The van der Waals surface area contributed by atoms with Crippen molar-refractivity contribution in [2.24, 2.45) is 0 Å². The van der Waals surface area contributed by atoms with Crippen LogP contribution in [0, 0.1) is 0 Å². The summed E-state index contributed by atoms with van der Waals surface area (Å²) in [5.41, 5.74) is 0.351. The van der Waals surface area contributed by atoms with Gasteiger partial charge in [-0.05, 0) is 19.1 Å². The number of aromatic nitrogens is 2. The maximum atomic E-state index is 12.4. The third kappa shape index (κ3) is 2.74. The molecule has 1 aromatic heterocycles. The van der Waals surface area contributed by atoms with Crippen molar-refractivity contribution in [2.45, 2.75) is 13.5 Å². The summed E-state index contributed by atoms with van der Waals surface area (Å²) in [5.74, 6) is 1.08. The maximum absolute atomic E-state index is 12.4. The minimum Gasteiger partial charge on any atom is -0.496 e. The predicted molar refractivity (Wildman–Crippen MR) is 75.4 cm³/mol. The molecule has 6 nitrogen and oxygen atoms in total. The average Bonchev–Trinajstić information content (AvgIpc) is 2.93. The topological polar surface area (TPSA) is 65.4 Å². The zero-order valence-electron chi connectivity index (χ0n) is 11.7. The van der Waals surface area contributed by atoms with Crippen molar-refractivity contribution >= 4 is 11.7 Å². The molecule has 20 heavy (non-hydrogen) atoms. The minimum absolute atomic E-state index is 0.319. The van der Waals surface area contributed by atoms with E-state index < -0.39 is 0 Å². The van der Waals surface area contributed by atoms with E-state index in [9.17, 15) is 4.79 Å². The number of hydrogen-bond donors (Lipinski definition) is 1. The lowest BCUT2D eigenvalue weighted by atomic mass is 10.1. The number of methoxy groups -OCH3 is 2. The lowest BCUT2D eigenvalue weighted by Crippen LogP contribution is -2.15. The number of amides is 1. The van der Waals surface area contributed by atoms with Gasteiger partial charge in [-0.3, -0.25) is 9.48 Å². The number of aryl methyl sites for hydroxylation is 1. The molecule has 6 heteroatoms. The van der Waals surface area contributed by atoms with Crippen LogP contribution in [0.5, 0.6) is 11.5 Å². The van der Waals surface area contributed by atoms with Crippen LogP contribution in [0.15, 0.2) is 30.5 Å². The fraction of sp³-hybridized carbons (Fsp3) is 0.286. The van der Waals surface area contributed by atoms with Gasteiger partial charge in [0.05, 0.1) is 14.2 Å². The molecular formula is C14H17N3O3. The lowest BCUT2D eigenvalue weighted by Gasteiger charge is -2.12. The molecule has 2 aromatic rings. The van der Waals surface area contributed by atoms with Crippen LogP contribution in [0.3, 0.4) is 0 Å². The first-order chi connectivity index (χ1) is 9.69. The molecule has 0 radical (unpaired) electrons. The smallest absolute Gasteiger partial charge is 0.264 e. The number of nitrogens with zero attached hydrogens (tertiary/aromatic N) is 2. The van der Waals surface area contributed by atoms with Gasteiger partial charge in [0.25, 0.3) is 5.91 Å². The zero-order valence-corrected chi connectivity index (χ0v) is 11.7. The highest BCUT2D eigenvalue weighted by Gasteiger charge is 2.18. The molecule has 0 saturated heterocycles. The highest BCUT2D eigenvalue weighted by atomic mass is 16.5. The summed E-state index contributed by atoms with van der Waals surface area (Å²) in [7, 11) is 3.02. The zero-order chi connectivity index (χ0) is 14.5. The summed E-state index contributed by atoms with van der Waals surface area (Å²) >= 11 is 0. The lowest BCUT2D eigenvalue weighted by molar-refractivity contribution is 0.102. The number of anilines is 1. The van der Waals surface area contributed by atoms with Gasteiger partial charge in [-0.25, -0.2) is 0 Å². The molecule has 0 unspecified atom stereocenters. The second kappa shape index (κ2) is 6.10. The first-order valence-electron chi connectivity index (χ1n) is 6.25. The number of nitrogens with one attached hydrogen (secondary N) is 1. The van der Waals surface area contributed by atoms with Gasteiger partial charge in [0.1, 0.15) is 17.1 Å². The first kappa shape index (κ1) is 13.9. The molecule has 106 valence electrons. The van der Waals surface area contributed by atoms with Crippen LogP contribution in [0.2, 0.25) is 0 Å².